The summed E-state index contributed by atoms with van der Waals surface area (Å²) in [6.45, 7) is 0.243. The van der Waals surface area contributed by atoms with E-state index in [1.807, 2.05) is 0 Å². The highest BCUT2D eigenvalue weighted by Crippen LogP contribution is 2.15. The van der Waals surface area contributed by atoms with E-state index in [0.717, 1.165) is 12.1 Å². The van der Waals surface area contributed by atoms with Crippen LogP contribution in [0.25, 0.3) is 0 Å². The van der Waals surface area contributed by atoms with Crippen LogP contribution < -0.4 is 5.32 Å². The molecule has 0 aliphatic carbocycles. The summed E-state index contributed by atoms with van der Waals surface area (Å²) in [4.78, 5) is 11.7. The van der Waals surface area contributed by atoms with Crippen LogP contribution in [-0.4, -0.2) is 17.6 Å². The Kier molecular flexibility index (Phi) is 4.30. The molecule has 0 unspecified atom stereocenters. The maximum absolute atomic E-state index is 13.4. The molecule has 2 rings (SSSR count). The third-order valence-electron chi connectivity index (χ3n) is 2.85. The molecule has 20 heavy (non-hydrogen) atoms. The van der Waals surface area contributed by atoms with Gasteiger partial charge in [0.05, 0.1) is 5.56 Å². The molecule has 0 spiro atoms. The van der Waals surface area contributed by atoms with E-state index in [2.05, 4.69) is 5.32 Å². The van der Waals surface area contributed by atoms with Gasteiger partial charge in [0.2, 0.25) is 0 Å². The summed E-state index contributed by atoms with van der Waals surface area (Å²) in [5, 5.41) is 12.1. The van der Waals surface area contributed by atoms with E-state index in [1.165, 1.54) is 0 Å². The predicted octanol–water partition coefficient (Wildman–Crippen LogP) is 2.64. The number of rotatable bonds is 4. The van der Waals surface area contributed by atoms with Crippen molar-refractivity contribution in [2.75, 3.05) is 6.54 Å². The lowest BCUT2D eigenvalue weighted by atomic mass is 10.1. The topological polar surface area (TPSA) is 49.3 Å². The standard InChI is InChI=1S/C15H13F2NO2/c16-11-5-6-12(13(17)9-11)15(20)18-8-7-10-3-1-2-4-14(10)19/h1-6,9,19H,7-8H2,(H,18,20). The van der Waals surface area contributed by atoms with Gasteiger partial charge in [0.15, 0.2) is 0 Å². The summed E-state index contributed by atoms with van der Waals surface area (Å²) in [6, 6.07) is 9.55. The highest BCUT2D eigenvalue weighted by molar-refractivity contribution is 5.94. The van der Waals surface area contributed by atoms with E-state index in [9.17, 15) is 18.7 Å². The molecular weight excluding hydrogens is 264 g/mol. The number of phenolic OH excluding ortho intramolecular Hbond substituents is 1. The molecular formula is C15H13F2NO2. The van der Waals surface area contributed by atoms with Gasteiger partial charge < -0.3 is 10.4 Å². The van der Waals surface area contributed by atoms with Gasteiger partial charge in [-0.3, -0.25) is 4.79 Å². The number of carbonyl (C=O) groups is 1. The smallest absolute Gasteiger partial charge is 0.254 e. The molecule has 2 N–H and O–H groups in total. The quantitative estimate of drug-likeness (QED) is 0.902. The molecule has 0 saturated carbocycles. The largest absolute Gasteiger partial charge is 0.508 e. The molecule has 0 heterocycles. The second kappa shape index (κ2) is 6.14. The zero-order chi connectivity index (χ0) is 14.5. The second-order valence-corrected chi connectivity index (χ2v) is 4.26. The summed E-state index contributed by atoms with van der Waals surface area (Å²) in [6.07, 6.45) is 0.418. The van der Waals surface area contributed by atoms with Crippen molar-refractivity contribution in [1.29, 1.82) is 0 Å². The molecule has 0 saturated heterocycles. The van der Waals surface area contributed by atoms with E-state index in [-0.39, 0.29) is 17.9 Å². The van der Waals surface area contributed by atoms with Gasteiger partial charge >= 0.3 is 0 Å². The number of aromatic hydroxyl groups is 1. The summed E-state index contributed by atoms with van der Waals surface area (Å²) in [5.74, 6) is -2.09. The van der Waals surface area contributed by atoms with Crippen LogP contribution in [0, 0.1) is 11.6 Å². The number of amides is 1. The number of hydrogen-bond acceptors (Lipinski definition) is 2. The Bertz CT molecular complexity index is 629. The fourth-order valence-corrected chi connectivity index (χ4v) is 1.80. The molecule has 2 aromatic carbocycles. The average molecular weight is 277 g/mol. The van der Waals surface area contributed by atoms with E-state index in [4.69, 9.17) is 0 Å². The summed E-state index contributed by atoms with van der Waals surface area (Å²) in [7, 11) is 0. The highest BCUT2D eigenvalue weighted by Gasteiger charge is 2.12. The zero-order valence-electron chi connectivity index (χ0n) is 10.6. The van der Waals surface area contributed by atoms with Gasteiger partial charge in [0, 0.05) is 12.6 Å². The predicted molar refractivity (Wildman–Crippen MR) is 70.5 cm³/mol. The number of benzene rings is 2. The molecule has 0 atom stereocenters. The lowest BCUT2D eigenvalue weighted by Crippen LogP contribution is -2.26. The second-order valence-electron chi connectivity index (χ2n) is 4.26. The van der Waals surface area contributed by atoms with E-state index in [1.54, 1.807) is 24.3 Å². The fraction of sp³-hybridized carbons (Fsp3) is 0.133. The number of phenols is 1. The molecule has 0 aliphatic rings. The van der Waals surface area contributed by atoms with Gasteiger partial charge in [-0.15, -0.1) is 0 Å². The average Bonchev–Trinajstić information content (AvgIpc) is 2.40. The van der Waals surface area contributed by atoms with Gasteiger partial charge in [-0.1, -0.05) is 18.2 Å². The van der Waals surface area contributed by atoms with Crippen molar-refractivity contribution in [3.63, 3.8) is 0 Å². The maximum atomic E-state index is 13.4. The summed E-state index contributed by atoms with van der Waals surface area (Å²) < 4.78 is 26.1. The van der Waals surface area contributed by atoms with Crippen molar-refractivity contribution in [3.8, 4) is 5.75 Å². The van der Waals surface area contributed by atoms with Crippen LogP contribution in [0.2, 0.25) is 0 Å². The fourth-order valence-electron chi connectivity index (χ4n) is 1.80. The molecule has 0 bridgehead atoms. The van der Waals surface area contributed by atoms with Crippen molar-refractivity contribution >= 4 is 5.91 Å². The van der Waals surface area contributed by atoms with Crippen LogP contribution in [0.1, 0.15) is 15.9 Å². The minimum atomic E-state index is -0.898. The lowest BCUT2D eigenvalue weighted by molar-refractivity contribution is 0.0950. The van der Waals surface area contributed by atoms with Crippen LogP contribution in [0.3, 0.4) is 0 Å². The molecule has 0 aliphatic heterocycles. The zero-order valence-corrected chi connectivity index (χ0v) is 10.6. The van der Waals surface area contributed by atoms with Crippen LogP contribution in [-0.2, 0) is 6.42 Å². The van der Waals surface area contributed by atoms with Gasteiger partial charge in [0.1, 0.15) is 17.4 Å². The van der Waals surface area contributed by atoms with E-state index < -0.39 is 17.5 Å². The number of nitrogens with one attached hydrogen (secondary N) is 1. The Morgan fingerprint density at radius 2 is 1.90 bits per heavy atom. The number of halogens is 2. The monoisotopic (exact) mass is 277 g/mol. The minimum absolute atomic E-state index is 0.148. The van der Waals surface area contributed by atoms with Crippen LogP contribution in [0.5, 0.6) is 5.75 Å². The van der Waals surface area contributed by atoms with Crippen molar-refractivity contribution < 1.29 is 18.7 Å². The molecule has 0 fully saturated rings. The molecule has 1 amide bonds. The number of hydrogen-bond donors (Lipinski definition) is 2. The van der Waals surface area contributed by atoms with Crippen molar-refractivity contribution in [3.05, 3.63) is 65.2 Å². The Hall–Kier alpha value is -2.43. The Morgan fingerprint density at radius 1 is 1.15 bits per heavy atom. The molecule has 3 nitrogen and oxygen atoms in total. The van der Waals surface area contributed by atoms with E-state index in [0.29, 0.717) is 18.1 Å². The number of carbonyl (C=O) groups excluding carboxylic acids is 1. The van der Waals surface area contributed by atoms with Crippen molar-refractivity contribution in [1.82, 2.24) is 5.32 Å². The van der Waals surface area contributed by atoms with Crippen molar-refractivity contribution in [2.45, 2.75) is 6.42 Å². The molecule has 0 radical (unpaired) electrons. The normalized spacial score (nSPS) is 10.3. The van der Waals surface area contributed by atoms with Crippen LogP contribution in [0.4, 0.5) is 8.78 Å². The highest BCUT2D eigenvalue weighted by atomic mass is 19.1. The maximum Gasteiger partial charge on any atom is 0.254 e. The molecule has 5 heteroatoms. The Labute approximate surface area is 114 Å². The first-order chi connectivity index (χ1) is 9.58. The van der Waals surface area contributed by atoms with Crippen molar-refractivity contribution in [2.24, 2.45) is 0 Å². The number of para-hydroxylation sites is 1. The van der Waals surface area contributed by atoms with Gasteiger partial charge in [0.25, 0.3) is 5.91 Å². The SMILES string of the molecule is O=C(NCCc1ccccc1O)c1ccc(F)cc1F. The van der Waals surface area contributed by atoms with Crippen LogP contribution >= 0.6 is 0 Å². The Balaban J connectivity index is 1.94. The molecule has 0 aromatic heterocycles. The molecule has 2 aromatic rings. The first-order valence-corrected chi connectivity index (χ1v) is 6.08. The lowest BCUT2D eigenvalue weighted by Gasteiger charge is -2.07. The van der Waals surface area contributed by atoms with Gasteiger partial charge in [-0.2, -0.15) is 0 Å². The Morgan fingerprint density at radius 3 is 2.60 bits per heavy atom. The van der Waals surface area contributed by atoms with Gasteiger partial charge in [-0.25, -0.2) is 8.78 Å². The first-order valence-electron chi connectivity index (χ1n) is 6.08. The minimum Gasteiger partial charge on any atom is -0.508 e. The van der Waals surface area contributed by atoms with E-state index >= 15 is 0 Å². The van der Waals surface area contributed by atoms with Gasteiger partial charge in [-0.05, 0) is 30.2 Å². The first kappa shape index (κ1) is 14.0. The summed E-state index contributed by atoms with van der Waals surface area (Å²) >= 11 is 0. The molecule has 104 valence electrons. The third-order valence-corrected chi connectivity index (χ3v) is 2.85. The summed E-state index contributed by atoms with van der Waals surface area (Å²) in [5.41, 5.74) is 0.482. The third kappa shape index (κ3) is 3.32. The van der Waals surface area contributed by atoms with Crippen LogP contribution in [0.15, 0.2) is 42.5 Å².